The molecule has 0 aliphatic heterocycles. The number of aliphatic hydroxyl groups is 1. The monoisotopic (exact) mass is 472 g/mol. The molecule has 0 aliphatic rings. The lowest BCUT2D eigenvalue weighted by molar-refractivity contribution is -0.157. The minimum absolute atomic E-state index is 0.0384. The van der Waals surface area contributed by atoms with Crippen molar-refractivity contribution in [3.63, 3.8) is 0 Å². The SMILES string of the molecule is [N-]=[N+]=CC(=O)N(Cc1ccccc1)C(N)[C@H](O)[C@H](Cc1ccccc1)C(=O)OCc1ccccc1. The molecular formula is C27H28N4O4. The van der Waals surface area contributed by atoms with Gasteiger partial charge in [0.05, 0.1) is 5.92 Å². The van der Waals surface area contributed by atoms with Crippen molar-refractivity contribution < 1.29 is 24.2 Å². The van der Waals surface area contributed by atoms with Crippen molar-refractivity contribution in [2.45, 2.75) is 31.8 Å². The molecule has 3 aromatic carbocycles. The van der Waals surface area contributed by atoms with Crippen LogP contribution in [0.2, 0.25) is 0 Å². The van der Waals surface area contributed by atoms with E-state index in [1.807, 2.05) is 66.7 Å². The van der Waals surface area contributed by atoms with E-state index in [1.54, 1.807) is 24.3 Å². The Morgan fingerprint density at radius 2 is 1.43 bits per heavy atom. The van der Waals surface area contributed by atoms with Crippen LogP contribution in [0.4, 0.5) is 0 Å². The van der Waals surface area contributed by atoms with E-state index in [1.165, 1.54) is 0 Å². The van der Waals surface area contributed by atoms with Gasteiger partial charge in [-0.15, -0.1) is 0 Å². The van der Waals surface area contributed by atoms with Crippen LogP contribution in [0.5, 0.6) is 0 Å². The second kappa shape index (κ2) is 13.0. The van der Waals surface area contributed by atoms with Crippen molar-refractivity contribution in [1.82, 2.24) is 4.90 Å². The van der Waals surface area contributed by atoms with Gasteiger partial charge in [0.15, 0.2) is 0 Å². The highest BCUT2D eigenvalue weighted by Gasteiger charge is 2.37. The molecule has 3 rings (SSSR count). The number of ether oxygens (including phenoxy) is 1. The number of carbonyl (C=O) groups excluding carboxylic acids is 2. The number of nitrogens with zero attached hydrogens (tertiary/aromatic N) is 3. The van der Waals surface area contributed by atoms with Crippen LogP contribution in [0, 0.1) is 5.92 Å². The van der Waals surface area contributed by atoms with Crippen molar-refractivity contribution in [3.05, 3.63) is 113 Å². The normalized spacial score (nSPS) is 13.1. The lowest BCUT2D eigenvalue weighted by atomic mass is 9.91. The lowest BCUT2D eigenvalue weighted by Crippen LogP contribution is -2.56. The highest BCUT2D eigenvalue weighted by Crippen LogP contribution is 2.20. The maximum atomic E-state index is 13.1. The first kappa shape index (κ1) is 25.5. The van der Waals surface area contributed by atoms with Crippen LogP contribution in [-0.4, -0.2) is 45.2 Å². The molecular weight excluding hydrogens is 444 g/mol. The minimum atomic E-state index is -1.46. The first-order chi connectivity index (χ1) is 17.0. The predicted octanol–water partition coefficient (Wildman–Crippen LogP) is 2.56. The lowest BCUT2D eigenvalue weighted by Gasteiger charge is -2.33. The van der Waals surface area contributed by atoms with Gasteiger partial charge in [-0.1, -0.05) is 91.0 Å². The Hall–Kier alpha value is -4.10. The average Bonchev–Trinajstić information content (AvgIpc) is 2.90. The highest BCUT2D eigenvalue weighted by molar-refractivity contribution is 6.23. The summed E-state index contributed by atoms with van der Waals surface area (Å²) < 4.78 is 5.52. The number of carbonyl (C=O) groups is 2. The Balaban J connectivity index is 1.84. The number of aliphatic hydroxyl groups excluding tert-OH is 1. The molecule has 0 aromatic heterocycles. The number of nitrogens with two attached hydrogens (primary N) is 1. The van der Waals surface area contributed by atoms with Gasteiger partial charge in [-0.2, -0.15) is 4.79 Å². The van der Waals surface area contributed by atoms with E-state index < -0.39 is 30.1 Å². The number of rotatable bonds is 11. The largest absolute Gasteiger partial charge is 0.461 e. The number of hydrogen-bond donors (Lipinski definition) is 2. The molecule has 0 saturated heterocycles. The second-order valence-corrected chi connectivity index (χ2v) is 8.07. The number of benzene rings is 3. The van der Waals surface area contributed by atoms with E-state index >= 15 is 0 Å². The van der Waals surface area contributed by atoms with Gasteiger partial charge in [-0.25, -0.2) is 0 Å². The van der Waals surface area contributed by atoms with Crippen molar-refractivity contribution in [1.29, 1.82) is 0 Å². The summed E-state index contributed by atoms with van der Waals surface area (Å²) in [6.45, 7) is 0.0811. The van der Waals surface area contributed by atoms with E-state index in [2.05, 4.69) is 4.79 Å². The quantitative estimate of drug-likeness (QED) is 0.146. The summed E-state index contributed by atoms with van der Waals surface area (Å²) in [6, 6.07) is 27.4. The molecule has 0 fully saturated rings. The van der Waals surface area contributed by atoms with E-state index in [-0.39, 0.29) is 19.6 Å². The molecule has 180 valence electrons. The van der Waals surface area contributed by atoms with Crippen molar-refractivity contribution in [2.75, 3.05) is 0 Å². The van der Waals surface area contributed by atoms with Gasteiger partial charge in [0, 0.05) is 6.54 Å². The molecule has 3 N–H and O–H groups in total. The first-order valence-electron chi connectivity index (χ1n) is 11.2. The first-order valence-corrected chi connectivity index (χ1v) is 11.2. The molecule has 3 aromatic rings. The van der Waals surface area contributed by atoms with Crippen LogP contribution in [0.1, 0.15) is 16.7 Å². The third kappa shape index (κ3) is 7.45. The van der Waals surface area contributed by atoms with Gasteiger partial charge in [0.25, 0.3) is 0 Å². The fourth-order valence-corrected chi connectivity index (χ4v) is 3.70. The average molecular weight is 473 g/mol. The molecule has 3 atom stereocenters. The van der Waals surface area contributed by atoms with Crippen LogP contribution in [-0.2, 0) is 33.9 Å². The summed E-state index contributed by atoms with van der Waals surface area (Å²) >= 11 is 0. The standard InChI is InChI=1S/C27H28N4O4/c28-26(31(24(32)17-30-29)18-21-12-6-2-7-13-21)25(33)23(16-20-10-4-1-5-11-20)27(34)35-19-22-14-8-3-9-15-22/h1-15,17,23,25-26,33H,16,18-19,28H2/t23-,25+,26?/m0/s1. The number of esters is 1. The summed E-state index contributed by atoms with van der Waals surface area (Å²) in [5, 5.41) is 11.2. The third-order valence-corrected chi connectivity index (χ3v) is 5.59. The van der Waals surface area contributed by atoms with Crippen LogP contribution >= 0.6 is 0 Å². The molecule has 0 heterocycles. The zero-order valence-electron chi connectivity index (χ0n) is 19.2. The minimum Gasteiger partial charge on any atom is -0.461 e. The maximum absolute atomic E-state index is 13.1. The Morgan fingerprint density at radius 3 is 1.97 bits per heavy atom. The Bertz CT molecular complexity index is 1140. The number of amides is 1. The molecule has 0 spiro atoms. The molecule has 1 unspecified atom stereocenters. The Kier molecular flexibility index (Phi) is 9.45. The molecule has 0 radical (unpaired) electrons. The zero-order chi connectivity index (χ0) is 25.0. The zero-order valence-corrected chi connectivity index (χ0v) is 19.2. The van der Waals surface area contributed by atoms with Gasteiger partial charge in [0.2, 0.25) is 0 Å². The van der Waals surface area contributed by atoms with Crippen molar-refractivity contribution in [2.24, 2.45) is 11.7 Å². The van der Waals surface area contributed by atoms with Crippen LogP contribution < -0.4 is 5.73 Å². The highest BCUT2D eigenvalue weighted by atomic mass is 16.5. The van der Waals surface area contributed by atoms with Gasteiger partial charge in [0.1, 0.15) is 18.9 Å². The molecule has 1 amide bonds. The van der Waals surface area contributed by atoms with Crippen LogP contribution in [0.3, 0.4) is 0 Å². The van der Waals surface area contributed by atoms with Gasteiger partial charge in [-0.05, 0) is 23.1 Å². The summed E-state index contributed by atoms with van der Waals surface area (Å²) in [5.41, 5.74) is 17.6. The van der Waals surface area contributed by atoms with E-state index in [0.29, 0.717) is 6.21 Å². The van der Waals surface area contributed by atoms with Gasteiger partial charge < -0.3 is 26.0 Å². The summed E-state index contributed by atoms with van der Waals surface area (Å²) in [6.07, 6.45) is -1.88. The maximum Gasteiger partial charge on any atom is 0.344 e. The smallest absolute Gasteiger partial charge is 0.344 e. The predicted molar refractivity (Wildman–Crippen MR) is 131 cm³/mol. The van der Waals surface area contributed by atoms with E-state index in [9.17, 15) is 14.7 Å². The Labute approximate surface area is 204 Å². The molecule has 8 heteroatoms. The van der Waals surface area contributed by atoms with Gasteiger partial charge in [-0.3, -0.25) is 9.59 Å². The molecule has 35 heavy (non-hydrogen) atoms. The topological polar surface area (TPSA) is 129 Å². The molecule has 0 bridgehead atoms. The fraction of sp³-hybridized carbons (Fsp3) is 0.222. The van der Waals surface area contributed by atoms with E-state index in [0.717, 1.165) is 21.6 Å². The number of hydrogen-bond acceptors (Lipinski definition) is 5. The van der Waals surface area contributed by atoms with Crippen LogP contribution in [0.25, 0.3) is 5.53 Å². The summed E-state index contributed by atoms with van der Waals surface area (Å²) in [7, 11) is 0. The fourth-order valence-electron chi connectivity index (χ4n) is 3.70. The van der Waals surface area contributed by atoms with Crippen molar-refractivity contribution in [3.8, 4) is 0 Å². The van der Waals surface area contributed by atoms with Gasteiger partial charge >= 0.3 is 18.1 Å². The molecule has 8 nitrogen and oxygen atoms in total. The third-order valence-electron chi connectivity index (χ3n) is 5.59. The molecule has 0 aliphatic carbocycles. The van der Waals surface area contributed by atoms with E-state index in [4.69, 9.17) is 16.0 Å². The summed E-state index contributed by atoms with van der Waals surface area (Å²) in [5.74, 6) is -2.39. The summed E-state index contributed by atoms with van der Waals surface area (Å²) in [4.78, 5) is 29.8. The van der Waals surface area contributed by atoms with Crippen molar-refractivity contribution >= 4 is 18.1 Å². The second-order valence-electron chi connectivity index (χ2n) is 8.07. The Morgan fingerprint density at radius 1 is 0.914 bits per heavy atom. The molecule has 0 saturated carbocycles. The van der Waals surface area contributed by atoms with Crippen LogP contribution in [0.15, 0.2) is 91.0 Å².